The number of hydrogen-bond donors (Lipinski definition) is 0. The van der Waals surface area contributed by atoms with Crippen LogP contribution in [0.1, 0.15) is 25.7 Å². The zero-order chi connectivity index (χ0) is 12.3. The Balaban J connectivity index is 2.28. The van der Waals surface area contributed by atoms with Crippen molar-refractivity contribution in [2.45, 2.75) is 30.6 Å². The fraction of sp³-hybridized carbons (Fsp3) is 0.500. The second-order valence-electron chi connectivity index (χ2n) is 4.28. The molecule has 1 fully saturated rings. The van der Waals surface area contributed by atoms with Crippen molar-refractivity contribution in [3.05, 3.63) is 28.7 Å². The number of benzene rings is 1. The first-order chi connectivity index (χ1) is 8.10. The molecule has 0 N–H and O–H groups in total. The van der Waals surface area contributed by atoms with Crippen molar-refractivity contribution in [2.24, 2.45) is 0 Å². The molecule has 2 rings (SSSR count). The summed E-state index contributed by atoms with van der Waals surface area (Å²) in [6.45, 7) is 1.30. The van der Waals surface area contributed by atoms with Gasteiger partial charge in [-0.2, -0.15) is 4.31 Å². The van der Waals surface area contributed by atoms with Crippen LogP contribution in [0.25, 0.3) is 0 Å². The summed E-state index contributed by atoms with van der Waals surface area (Å²) in [6, 6.07) is 6.92. The lowest BCUT2D eigenvalue weighted by Crippen LogP contribution is -2.31. The number of nitrogens with zero attached hydrogens (tertiary/aromatic N) is 1. The molecule has 0 saturated carbocycles. The minimum atomic E-state index is -3.30. The minimum absolute atomic E-state index is 0.383. The summed E-state index contributed by atoms with van der Waals surface area (Å²) in [5.74, 6) is 0. The van der Waals surface area contributed by atoms with Gasteiger partial charge in [0, 0.05) is 17.6 Å². The molecule has 94 valence electrons. The lowest BCUT2D eigenvalue weighted by molar-refractivity contribution is 0.423. The van der Waals surface area contributed by atoms with Crippen LogP contribution in [0.15, 0.2) is 33.6 Å². The Hall–Kier alpha value is -0.390. The Morgan fingerprint density at radius 3 is 2.29 bits per heavy atom. The Kier molecular flexibility index (Phi) is 4.22. The van der Waals surface area contributed by atoms with Crippen molar-refractivity contribution in [3.8, 4) is 0 Å². The SMILES string of the molecule is O=S(=O)(c1cccc(Br)c1)N1CCCCCC1. The predicted octanol–water partition coefficient (Wildman–Crippen LogP) is 3.01. The second kappa shape index (κ2) is 5.50. The third kappa shape index (κ3) is 3.09. The minimum Gasteiger partial charge on any atom is -0.207 e. The summed E-state index contributed by atoms with van der Waals surface area (Å²) >= 11 is 3.31. The highest BCUT2D eigenvalue weighted by Crippen LogP contribution is 2.22. The molecule has 0 bridgehead atoms. The van der Waals surface area contributed by atoms with Gasteiger partial charge in [-0.15, -0.1) is 0 Å². The molecule has 0 radical (unpaired) electrons. The van der Waals surface area contributed by atoms with E-state index in [0.29, 0.717) is 18.0 Å². The van der Waals surface area contributed by atoms with Gasteiger partial charge in [-0.1, -0.05) is 34.8 Å². The molecule has 0 aliphatic carbocycles. The molecule has 0 amide bonds. The van der Waals surface area contributed by atoms with Crippen LogP contribution in [0.4, 0.5) is 0 Å². The Morgan fingerprint density at radius 2 is 1.71 bits per heavy atom. The van der Waals surface area contributed by atoms with Crippen molar-refractivity contribution < 1.29 is 8.42 Å². The summed E-state index contributed by atoms with van der Waals surface area (Å²) < 4.78 is 27.2. The molecule has 1 aromatic carbocycles. The van der Waals surface area contributed by atoms with E-state index in [9.17, 15) is 8.42 Å². The predicted molar refractivity (Wildman–Crippen MR) is 71.4 cm³/mol. The molecule has 0 atom stereocenters. The normalized spacial score (nSPS) is 18.9. The van der Waals surface area contributed by atoms with Gasteiger partial charge in [0.25, 0.3) is 0 Å². The summed E-state index contributed by atoms with van der Waals surface area (Å²) in [6.07, 6.45) is 4.19. The molecular weight excluding hydrogens is 302 g/mol. The average Bonchev–Trinajstić information content (AvgIpc) is 2.58. The second-order valence-corrected chi connectivity index (χ2v) is 7.13. The molecule has 0 aromatic heterocycles. The first kappa shape index (κ1) is 13.1. The van der Waals surface area contributed by atoms with Crippen LogP contribution in [0.2, 0.25) is 0 Å². The lowest BCUT2D eigenvalue weighted by Gasteiger charge is -2.19. The molecular formula is C12H16BrNO2S. The van der Waals surface area contributed by atoms with E-state index in [1.165, 1.54) is 0 Å². The van der Waals surface area contributed by atoms with Crippen molar-refractivity contribution in [2.75, 3.05) is 13.1 Å². The van der Waals surface area contributed by atoms with Gasteiger partial charge < -0.3 is 0 Å². The summed E-state index contributed by atoms with van der Waals surface area (Å²) in [5, 5.41) is 0. The van der Waals surface area contributed by atoms with Gasteiger partial charge in [-0.3, -0.25) is 0 Å². The smallest absolute Gasteiger partial charge is 0.207 e. The standard InChI is InChI=1S/C12H16BrNO2S/c13-11-6-5-7-12(10-11)17(15,16)14-8-3-1-2-4-9-14/h5-7,10H,1-4,8-9H2. The number of sulfonamides is 1. The topological polar surface area (TPSA) is 37.4 Å². The van der Waals surface area contributed by atoms with E-state index >= 15 is 0 Å². The lowest BCUT2D eigenvalue weighted by atomic mass is 10.2. The van der Waals surface area contributed by atoms with Crippen LogP contribution in [-0.4, -0.2) is 25.8 Å². The molecule has 1 aliphatic heterocycles. The van der Waals surface area contributed by atoms with Crippen molar-refractivity contribution >= 4 is 26.0 Å². The van der Waals surface area contributed by atoms with Crippen LogP contribution in [0, 0.1) is 0 Å². The fourth-order valence-electron chi connectivity index (χ4n) is 2.06. The van der Waals surface area contributed by atoms with Gasteiger partial charge in [0.2, 0.25) is 10.0 Å². The van der Waals surface area contributed by atoms with Gasteiger partial charge in [-0.05, 0) is 31.0 Å². The average molecular weight is 318 g/mol. The zero-order valence-electron chi connectivity index (χ0n) is 9.60. The van der Waals surface area contributed by atoms with Crippen LogP contribution in [0.5, 0.6) is 0 Å². The van der Waals surface area contributed by atoms with Crippen molar-refractivity contribution in [3.63, 3.8) is 0 Å². The summed E-state index contributed by atoms with van der Waals surface area (Å²) in [5.41, 5.74) is 0. The van der Waals surface area contributed by atoms with Crippen molar-refractivity contribution in [1.82, 2.24) is 4.31 Å². The maximum atomic E-state index is 12.4. The van der Waals surface area contributed by atoms with Crippen LogP contribution < -0.4 is 0 Å². The quantitative estimate of drug-likeness (QED) is 0.840. The largest absolute Gasteiger partial charge is 0.243 e. The first-order valence-electron chi connectivity index (χ1n) is 5.86. The molecule has 3 nitrogen and oxygen atoms in total. The van der Waals surface area contributed by atoms with Gasteiger partial charge in [0.05, 0.1) is 4.90 Å². The molecule has 1 saturated heterocycles. The van der Waals surface area contributed by atoms with Gasteiger partial charge >= 0.3 is 0 Å². The number of rotatable bonds is 2. The molecule has 1 aliphatic rings. The van der Waals surface area contributed by atoms with Gasteiger partial charge in [0.1, 0.15) is 0 Å². The Morgan fingerprint density at radius 1 is 1.06 bits per heavy atom. The maximum absolute atomic E-state index is 12.4. The molecule has 5 heteroatoms. The monoisotopic (exact) mass is 317 g/mol. The molecule has 1 aromatic rings. The molecule has 0 unspecified atom stereocenters. The zero-order valence-corrected chi connectivity index (χ0v) is 12.0. The molecule has 17 heavy (non-hydrogen) atoms. The highest BCUT2D eigenvalue weighted by atomic mass is 79.9. The van der Waals surface area contributed by atoms with Crippen molar-refractivity contribution in [1.29, 1.82) is 0 Å². The van der Waals surface area contributed by atoms with E-state index in [2.05, 4.69) is 15.9 Å². The van der Waals surface area contributed by atoms with E-state index in [4.69, 9.17) is 0 Å². The molecule has 0 spiro atoms. The third-order valence-electron chi connectivity index (χ3n) is 3.00. The summed E-state index contributed by atoms with van der Waals surface area (Å²) in [4.78, 5) is 0.383. The molecule has 1 heterocycles. The maximum Gasteiger partial charge on any atom is 0.243 e. The Labute approximate surface area is 111 Å². The highest BCUT2D eigenvalue weighted by molar-refractivity contribution is 9.10. The van der Waals surface area contributed by atoms with E-state index in [1.807, 2.05) is 6.07 Å². The van der Waals surface area contributed by atoms with Crippen LogP contribution in [0.3, 0.4) is 0 Å². The third-order valence-corrected chi connectivity index (χ3v) is 5.39. The first-order valence-corrected chi connectivity index (χ1v) is 8.10. The van der Waals surface area contributed by atoms with Crippen LogP contribution >= 0.6 is 15.9 Å². The van der Waals surface area contributed by atoms with Crippen LogP contribution in [-0.2, 0) is 10.0 Å². The Bertz CT molecular complexity index is 479. The fourth-order valence-corrected chi connectivity index (χ4v) is 4.17. The highest BCUT2D eigenvalue weighted by Gasteiger charge is 2.24. The van der Waals surface area contributed by atoms with E-state index in [-0.39, 0.29) is 0 Å². The van der Waals surface area contributed by atoms with Gasteiger partial charge in [0.15, 0.2) is 0 Å². The number of hydrogen-bond acceptors (Lipinski definition) is 2. The number of halogens is 1. The van der Waals surface area contributed by atoms with E-state index < -0.39 is 10.0 Å². The van der Waals surface area contributed by atoms with E-state index in [0.717, 1.165) is 30.2 Å². The summed E-state index contributed by atoms with van der Waals surface area (Å²) in [7, 11) is -3.30. The van der Waals surface area contributed by atoms with E-state index in [1.54, 1.807) is 22.5 Å². The van der Waals surface area contributed by atoms with Gasteiger partial charge in [-0.25, -0.2) is 8.42 Å².